The molecule has 2 rings (SSSR count). The third kappa shape index (κ3) is 4.76. The fraction of sp³-hybridized carbons (Fsp3) is 0.125. The summed E-state index contributed by atoms with van der Waals surface area (Å²) in [7, 11) is 0. The van der Waals surface area contributed by atoms with Gasteiger partial charge in [-0.2, -0.15) is 18.2 Å². The van der Waals surface area contributed by atoms with Crippen LogP contribution in [0.5, 0.6) is 0 Å². The fourth-order valence-corrected chi connectivity index (χ4v) is 3.36. The number of aryl methyl sites for hydroxylation is 1. The molecule has 0 aromatic heterocycles. The Morgan fingerprint density at radius 2 is 1.81 bits per heavy atom. The van der Waals surface area contributed by atoms with Crippen LogP contribution >= 0.6 is 11.8 Å². The van der Waals surface area contributed by atoms with Crippen LogP contribution < -0.4 is 11.5 Å². The van der Waals surface area contributed by atoms with Gasteiger partial charge in [0.1, 0.15) is 0 Å². The van der Waals surface area contributed by atoms with Crippen LogP contribution in [0.1, 0.15) is 21.5 Å². The summed E-state index contributed by atoms with van der Waals surface area (Å²) in [6.45, 7) is 1.47. The molecule has 7 nitrogen and oxygen atoms in total. The zero-order chi connectivity index (χ0) is 20.4. The summed E-state index contributed by atoms with van der Waals surface area (Å²) in [5.41, 5.74) is 8.97. The second-order valence-electron chi connectivity index (χ2n) is 5.33. The highest BCUT2D eigenvalue weighted by atomic mass is 32.2. The lowest BCUT2D eigenvalue weighted by Gasteiger charge is -2.13. The molecule has 0 aliphatic heterocycles. The Bertz CT molecular complexity index is 941. The van der Waals surface area contributed by atoms with Gasteiger partial charge in [-0.25, -0.2) is 0 Å². The summed E-state index contributed by atoms with van der Waals surface area (Å²) in [4.78, 5) is 25.6. The lowest BCUT2D eigenvalue weighted by Crippen LogP contribution is -2.24. The number of alkyl halides is 3. The molecule has 0 saturated heterocycles. The van der Waals surface area contributed by atoms with E-state index in [-0.39, 0.29) is 20.9 Å². The lowest BCUT2D eigenvalue weighted by molar-refractivity contribution is -0.387. The topological polar surface area (TPSA) is 125 Å². The number of hydrogen-bond acceptors (Lipinski definition) is 4. The maximum atomic E-state index is 13.2. The number of nitro groups is 1. The van der Waals surface area contributed by atoms with Crippen molar-refractivity contribution in [3.05, 3.63) is 63.2 Å². The molecule has 2 aromatic carbocycles. The van der Waals surface area contributed by atoms with Crippen molar-refractivity contribution >= 4 is 29.3 Å². The second-order valence-corrected chi connectivity index (χ2v) is 6.41. The number of hydrogen-bond donors (Lipinski definition) is 2. The highest BCUT2D eigenvalue weighted by molar-refractivity contribution is 7.99. The van der Waals surface area contributed by atoms with Crippen molar-refractivity contribution in [3.8, 4) is 0 Å². The van der Waals surface area contributed by atoms with Crippen molar-refractivity contribution in [3.63, 3.8) is 0 Å². The largest absolute Gasteiger partial charge is 0.417 e. The first-order valence-electron chi connectivity index (χ1n) is 7.27. The molecule has 142 valence electrons. The third-order valence-electron chi connectivity index (χ3n) is 3.38. The molecule has 0 aliphatic rings. The highest BCUT2D eigenvalue weighted by Gasteiger charge is 2.34. The first-order chi connectivity index (χ1) is 12.5. The van der Waals surface area contributed by atoms with Crippen LogP contribution in [0.3, 0.4) is 0 Å². The van der Waals surface area contributed by atoms with Gasteiger partial charge in [0.05, 0.1) is 20.9 Å². The fourth-order valence-electron chi connectivity index (χ4n) is 2.21. The average Bonchev–Trinajstić information content (AvgIpc) is 2.53. The molecule has 0 radical (unpaired) electrons. The first-order valence-corrected chi connectivity index (χ1v) is 8.09. The molecule has 2 aromatic rings. The molecule has 0 fully saturated rings. The number of carbonyl (C=O) groups is 1. The van der Waals surface area contributed by atoms with Gasteiger partial charge in [0.25, 0.3) is 11.6 Å². The second kappa shape index (κ2) is 7.66. The first kappa shape index (κ1) is 20.2. The van der Waals surface area contributed by atoms with Crippen molar-refractivity contribution < 1.29 is 22.9 Å². The van der Waals surface area contributed by atoms with E-state index in [0.717, 1.165) is 12.1 Å². The molecule has 0 heterocycles. The standard InChI is InChI=1S/C16H13F3N4O3S/c1-8-6-13(27-12-5-3-2-4-10(12)16(17,18)19)11(23(25)26)7-9(8)14(24)22-15(20)21/h2-7H,1H3,(H4,20,21,22,24). The van der Waals surface area contributed by atoms with E-state index in [4.69, 9.17) is 11.5 Å². The van der Waals surface area contributed by atoms with E-state index in [2.05, 4.69) is 4.99 Å². The molecular weight excluding hydrogens is 385 g/mol. The molecule has 0 aliphatic carbocycles. The van der Waals surface area contributed by atoms with Crippen LogP contribution in [0.25, 0.3) is 0 Å². The summed E-state index contributed by atoms with van der Waals surface area (Å²) in [5, 5.41) is 11.4. The van der Waals surface area contributed by atoms with E-state index >= 15 is 0 Å². The Morgan fingerprint density at radius 1 is 1.19 bits per heavy atom. The molecule has 0 unspecified atom stereocenters. The van der Waals surface area contributed by atoms with Crippen LogP contribution in [-0.2, 0) is 6.18 Å². The summed E-state index contributed by atoms with van der Waals surface area (Å²) in [6, 6.07) is 6.92. The molecule has 0 spiro atoms. The van der Waals surface area contributed by atoms with Crippen molar-refractivity contribution in [1.29, 1.82) is 0 Å². The van der Waals surface area contributed by atoms with Crippen LogP contribution in [0, 0.1) is 17.0 Å². The van der Waals surface area contributed by atoms with E-state index in [9.17, 15) is 28.1 Å². The van der Waals surface area contributed by atoms with Gasteiger partial charge < -0.3 is 11.5 Å². The van der Waals surface area contributed by atoms with Crippen LogP contribution in [0.2, 0.25) is 0 Å². The van der Waals surface area contributed by atoms with Gasteiger partial charge in [0.15, 0.2) is 5.96 Å². The van der Waals surface area contributed by atoms with Crippen molar-refractivity contribution in [2.45, 2.75) is 22.9 Å². The summed E-state index contributed by atoms with van der Waals surface area (Å²) < 4.78 is 39.5. The van der Waals surface area contributed by atoms with Gasteiger partial charge >= 0.3 is 6.18 Å². The molecule has 4 N–H and O–H groups in total. The third-order valence-corrected chi connectivity index (χ3v) is 4.50. The van der Waals surface area contributed by atoms with Crippen molar-refractivity contribution in [2.24, 2.45) is 16.5 Å². The summed E-state index contributed by atoms with van der Waals surface area (Å²) >= 11 is 0.586. The number of nitro benzene ring substituents is 1. The van der Waals surface area contributed by atoms with E-state index in [0.29, 0.717) is 11.8 Å². The molecule has 0 atom stereocenters. The molecule has 27 heavy (non-hydrogen) atoms. The zero-order valence-corrected chi connectivity index (χ0v) is 14.6. The maximum absolute atomic E-state index is 13.2. The monoisotopic (exact) mass is 398 g/mol. The van der Waals surface area contributed by atoms with Gasteiger partial charge in [-0.15, -0.1) is 0 Å². The van der Waals surface area contributed by atoms with Gasteiger partial charge in [0.2, 0.25) is 0 Å². The Balaban J connectivity index is 2.57. The Labute approximate surface area is 155 Å². The minimum Gasteiger partial charge on any atom is -0.370 e. The Morgan fingerprint density at radius 3 is 2.37 bits per heavy atom. The van der Waals surface area contributed by atoms with Gasteiger partial charge in [-0.3, -0.25) is 14.9 Å². The molecule has 1 amide bonds. The van der Waals surface area contributed by atoms with Crippen LogP contribution in [0.4, 0.5) is 18.9 Å². The number of benzene rings is 2. The Hall–Kier alpha value is -3.08. The average molecular weight is 398 g/mol. The van der Waals surface area contributed by atoms with Gasteiger partial charge in [-0.05, 0) is 30.7 Å². The number of carbonyl (C=O) groups excluding carboxylic acids is 1. The van der Waals surface area contributed by atoms with Crippen molar-refractivity contribution in [1.82, 2.24) is 0 Å². The smallest absolute Gasteiger partial charge is 0.370 e. The number of amides is 1. The summed E-state index contributed by atoms with van der Waals surface area (Å²) in [5.74, 6) is -1.40. The van der Waals surface area contributed by atoms with Crippen LogP contribution in [0.15, 0.2) is 51.2 Å². The number of halogens is 3. The van der Waals surface area contributed by atoms with E-state index in [1.807, 2.05) is 0 Å². The highest BCUT2D eigenvalue weighted by Crippen LogP contribution is 2.42. The lowest BCUT2D eigenvalue weighted by atomic mass is 10.1. The predicted octanol–water partition coefficient (Wildman–Crippen LogP) is 3.49. The predicted molar refractivity (Wildman–Crippen MR) is 93.5 cm³/mol. The minimum absolute atomic E-state index is 0.0459. The number of rotatable bonds is 4. The Kier molecular flexibility index (Phi) is 5.74. The van der Waals surface area contributed by atoms with E-state index in [1.165, 1.54) is 31.2 Å². The number of aliphatic imine (C=N–C) groups is 1. The number of nitrogens with two attached hydrogens (primary N) is 2. The minimum atomic E-state index is -4.61. The van der Waals surface area contributed by atoms with Gasteiger partial charge in [-0.1, -0.05) is 23.9 Å². The zero-order valence-electron chi connectivity index (χ0n) is 13.8. The molecule has 0 bridgehead atoms. The molecule has 0 saturated carbocycles. The normalized spacial score (nSPS) is 11.1. The van der Waals surface area contributed by atoms with E-state index < -0.39 is 34.2 Å². The van der Waals surface area contributed by atoms with E-state index in [1.54, 1.807) is 0 Å². The molecule has 11 heteroatoms. The maximum Gasteiger partial charge on any atom is 0.417 e. The SMILES string of the molecule is Cc1cc(Sc2ccccc2C(F)(F)F)c([N+](=O)[O-])cc1C(=O)N=C(N)N. The van der Waals surface area contributed by atoms with Crippen molar-refractivity contribution in [2.75, 3.05) is 0 Å². The van der Waals surface area contributed by atoms with Gasteiger partial charge in [0, 0.05) is 11.0 Å². The number of nitrogens with zero attached hydrogens (tertiary/aromatic N) is 2. The number of guanidine groups is 1. The molecular formula is C16H13F3N4O3S. The van der Waals surface area contributed by atoms with Crippen LogP contribution in [-0.4, -0.2) is 16.8 Å². The summed E-state index contributed by atoms with van der Waals surface area (Å²) in [6.07, 6.45) is -4.61. The quantitative estimate of drug-likeness (QED) is 0.352.